The zero-order valence-corrected chi connectivity index (χ0v) is 15.5. The molecule has 0 aromatic heterocycles. The highest BCUT2D eigenvalue weighted by Crippen LogP contribution is 2.22. The van der Waals surface area contributed by atoms with Crippen LogP contribution in [0.1, 0.15) is 23.6 Å². The van der Waals surface area contributed by atoms with Crippen molar-refractivity contribution in [1.29, 1.82) is 0 Å². The minimum atomic E-state index is -0.0114. The summed E-state index contributed by atoms with van der Waals surface area (Å²) in [5.41, 5.74) is 5.70. The van der Waals surface area contributed by atoms with Gasteiger partial charge in [0, 0.05) is 37.1 Å². The smallest absolute Gasteiger partial charge is 0.321 e. The van der Waals surface area contributed by atoms with Gasteiger partial charge in [-0.15, -0.1) is 0 Å². The molecule has 0 spiro atoms. The minimum absolute atomic E-state index is 0.0114. The van der Waals surface area contributed by atoms with Gasteiger partial charge in [0.05, 0.1) is 0 Å². The normalized spacial score (nSPS) is 17.5. The maximum absolute atomic E-state index is 12.6. The molecule has 1 unspecified atom stereocenters. The van der Waals surface area contributed by atoms with Crippen molar-refractivity contribution < 1.29 is 4.79 Å². The summed E-state index contributed by atoms with van der Waals surface area (Å²) in [5.74, 6) is 0. The number of hydrogen-bond donors (Lipinski definition) is 1. The maximum atomic E-state index is 12.6. The van der Waals surface area contributed by atoms with E-state index in [2.05, 4.69) is 61.3 Å². The lowest BCUT2D eigenvalue weighted by Gasteiger charge is -2.41. The van der Waals surface area contributed by atoms with Crippen LogP contribution < -0.4 is 10.2 Å². The third-order valence-corrected chi connectivity index (χ3v) is 4.87. The molecule has 0 saturated carbocycles. The maximum Gasteiger partial charge on any atom is 0.321 e. The summed E-state index contributed by atoms with van der Waals surface area (Å²) < 4.78 is 0. The van der Waals surface area contributed by atoms with Crippen LogP contribution in [0.15, 0.2) is 42.5 Å². The number of nitrogens with one attached hydrogen (secondary N) is 1. The zero-order valence-electron chi connectivity index (χ0n) is 15.5. The molecule has 3 rings (SSSR count). The lowest BCUT2D eigenvalue weighted by Crippen LogP contribution is -2.54. The number of carbonyl (C=O) groups excluding carboxylic acids is 1. The van der Waals surface area contributed by atoms with Crippen molar-refractivity contribution in [2.24, 2.45) is 0 Å². The van der Waals surface area contributed by atoms with Crippen molar-refractivity contribution in [1.82, 2.24) is 4.90 Å². The first-order chi connectivity index (χ1) is 11.9. The van der Waals surface area contributed by atoms with Crippen LogP contribution in [-0.4, -0.2) is 36.6 Å². The summed E-state index contributed by atoms with van der Waals surface area (Å²) in [4.78, 5) is 16.9. The molecule has 1 fully saturated rings. The Morgan fingerprint density at radius 1 is 1.04 bits per heavy atom. The van der Waals surface area contributed by atoms with Gasteiger partial charge in [-0.1, -0.05) is 29.8 Å². The third-order valence-electron chi connectivity index (χ3n) is 4.87. The predicted molar refractivity (Wildman–Crippen MR) is 104 cm³/mol. The monoisotopic (exact) mass is 337 g/mol. The molecule has 0 aliphatic carbocycles. The number of benzene rings is 2. The SMILES string of the molecule is Cc1cccc(N2CCN(C(=O)Nc3ccc(C)cc3C)CC2C)c1. The highest BCUT2D eigenvalue weighted by molar-refractivity contribution is 5.90. The molecule has 1 aliphatic rings. The van der Waals surface area contributed by atoms with E-state index in [1.165, 1.54) is 16.8 Å². The van der Waals surface area contributed by atoms with E-state index in [1.807, 2.05) is 24.0 Å². The van der Waals surface area contributed by atoms with Gasteiger partial charge in [0.2, 0.25) is 0 Å². The van der Waals surface area contributed by atoms with Gasteiger partial charge < -0.3 is 15.1 Å². The van der Waals surface area contributed by atoms with Crippen molar-refractivity contribution in [2.75, 3.05) is 29.9 Å². The Hall–Kier alpha value is -2.49. The Kier molecular flexibility index (Phi) is 4.98. The number of aryl methyl sites for hydroxylation is 3. The van der Waals surface area contributed by atoms with Gasteiger partial charge in [-0.3, -0.25) is 0 Å². The molecule has 2 amide bonds. The van der Waals surface area contributed by atoms with E-state index in [1.54, 1.807) is 0 Å². The van der Waals surface area contributed by atoms with Crippen molar-refractivity contribution in [2.45, 2.75) is 33.7 Å². The van der Waals surface area contributed by atoms with Gasteiger partial charge in [0.15, 0.2) is 0 Å². The number of nitrogens with zero attached hydrogens (tertiary/aromatic N) is 2. The summed E-state index contributed by atoms with van der Waals surface area (Å²) in [5, 5.41) is 3.06. The molecule has 1 saturated heterocycles. The molecule has 1 N–H and O–H groups in total. The number of rotatable bonds is 2. The van der Waals surface area contributed by atoms with Crippen LogP contribution in [0, 0.1) is 20.8 Å². The molecule has 1 heterocycles. The van der Waals surface area contributed by atoms with Crippen LogP contribution in [0.25, 0.3) is 0 Å². The Balaban J connectivity index is 1.65. The van der Waals surface area contributed by atoms with Crippen LogP contribution in [0.4, 0.5) is 16.2 Å². The van der Waals surface area contributed by atoms with Crippen LogP contribution in [0.2, 0.25) is 0 Å². The number of piperazine rings is 1. The van der Waals surface area contributed by atoms with Gasteiger partial charge >= 0.3 is 6.03 Å². The highest BCUT2D eigenvalue weighted by atomic mass is 16.2. The fourth-order valence-corrected chi connectivity index (χ4v) is 3.48. The lowest BCUT2D eigenvalue weighted by molar-refractivity contribution is 0.200. The van der Waals surface area contributed by atoms with Gasteiger partial charge in [0.25, 0.3) is 0 Å². The third kappa shape index (κ3) is 3.95. The van der Waals surface area contributed by atoms with Crippen LogP contribution in [0.3, 0.4) is 0 Å². The van der Waals surface area contributed by atoms with Crippen molar-refractivity contribution in [3.63, 3.8) is 0 Å². The van der Waals surface area contributed by atoms with E-state index in [-0.39, 0.29) is 6.03 Å². The number of urea groups is 1. The second kappa shape index (κ2) is 7.18. The summed E-state index contributed by atoms with van der Waals surface area (Å²) in [6, 6.07) is 14.9. The molecule has 0 bridgehead atoms. The van der Waals surface area contributed by atoms with E-state index in [0.29, 0.717) is 6.04 Å². The average Bonchev–Trinajstić information content (AvgIpc) is 2.57. The van der Waals surface area contributed by atoms with Crippen LogP contribution >= 0.6 is 0 Å². The minimum Gasteiger partial charge on any atom is -0.365 e. The largest absolute Gasteiger partial charge is 0.365 e. The summed E-state index contributed by atoms with van der Waals surface area (Å²) in [7, 11) is 0. The van der Waals surface area contributed by atoms with E-state index in [9.17, 15) is 4.79 Å². The molecule has 1 aliphatic heterocycles. The predicted octanol–water partition coefficient (Wildman–Crippen LogP) is 4.35. The number of hydrogen-bond acceptors (Lipinski definition) is 2. The molecular formula is C21H27N3O. The van der Waals surface area contributed by atoms with E-state index in [4.69, 9.17) is 0 Å². The molecular weight excluding hydrogens is 310 g/mol. The van der Waals surface area contributed by atoms with E-state index < -0.39 is 0 Å². The van der Waals surface area contributed by atoms with Gasteiger partial charge in [0.1, 0.15) is 0 Å². The van der Waals surface area contributed by atoms with Gasteiger partial charge in [-0.2, -0.15) is 0 Å². The second-order valence-electron chi connectivity index (χ2n) is 7.08. The second-order valence-corrected chi connectivity index (χ2v) is 7.08. The molecule has 4 nitrogen and oxygen atoms in total. The molecule has 2 aromatic carbocycles. The lowest BCUT2D eigenvalue weighted by atomic mass is 10.1. The topological polar surface area (TPSA) is 35.6 Å². The Labute approximate surface area is 150 Å². The molecule has 0 radical (unpaired) electrons. The van der Waals surface area contributed by atoms with Gasteiger partial charge in [-0.05, 0) is 57.0 Å². The standard InChI is InChI=1S/C21H27N3O/c1-15-6-5-7-19(13-15)24-11-10-23(14-18(24)4)21(25)22-20-9-8-16(2)12-17(20)3/h5-9,12-13,18H,10-11,14H2,1-4H3,(H,22,25). The van der Waals surface area contributed by atoms with Crippen molar-refractivity contribution >= 4 is 17.4 Å². The van der Waals surface area contributed by atoms with Crippen LogP contribution in [-0.2, 0) is 0 Å². The Bertz CT molecular complexity index is 771. The summed E-state index contributed by atoms with van der Waals surface area (Å²) >= 11 is 0. The Morgan fingerprint density at radius 3 is 2.48 bits per heavy atom. The van der Waals surface area contributed by atoms with Crippen molar-refractivity contribution in [3.05, 3.63) is 59.2 Å². The summed E-state index contributed by atoms with van der Waals surface area (Å²) in [6.45, 7) is 10.7. The first kappa shape index (κ1) is 17.3. The van der Waals surface area contributed by atoms with Crippen molar-refractivity contribution in [3.8, 4) is 0 Å². The van der Waals surface area contributed by atoms with Gasteiger partial charge in [-0.25, -0.2) is 4.79 Å². The quantitative estimate of drug-likeness (QED) is 0.884. The summed E-state index contributed by atoms with van der Waals surface area (Å²) in [6.07, 6.45) is 0. The first-order valence-electron chi connectivity index (χ1n) is 8.90. The zero-order chi connectivity index (χ0) is 18.0. The number of carbonyl (C=O) groups is 1. The molecule has 2 aromatic rings. The molecule has 4 heteroatoms. The fourth-order valence-electron chi connectivity index (χ4n) is 3.48. The molecule has 25 heavy (non-hydrogen) atoms. The molecule has 132 valence electrons. The first-order valence-corrected chi connectivity index (χ1v) is 8.90. The van der Waals surface area contributed by atoms with E-state index >= 15 is 0 Å². The fraction of sp³-hybridized carbons (Fsp3) is 0.381. The van der Waals surface area contributed by atoms with E-state index in [0.717, 1.165) is 30.9 Å². The average molecular weight is 337 g/mol. The highest BCUT2D eigenvalue weighted by Gasteiger charge is 2.27. The van der Waals surface area contributed by atoms with Crippen LogP contribution in [0.5, 0.6) is 0 Å². The Morgan fingerprint density at radius 2 is 1.80 bits per heavy atom. The number of anilines is 2. The molecule has 1 atom stereocenters. The number of amides is 2.